The molecule has 0 amide bonds. The molecule has 1 saturated heterocycles. The van der Waals surface area contributed by atoms with E-state index in [4.69, 9.17) is 0 Å². The van der Waals surface area contributed by atoms with E-state index >= 15 is 0 Å². The van der Waals surface area contributed by atoms with E-state index in [1.54, 1.807) is 13.0 Å². The molecule has 4 heteroatoms. The second-order valence-corrected chi connectivity index (χ2v) is 9.95. The summed E-state index contributed by atoms with van der Waals surface area (Å²) in [6.45, 7) is 23.8. The molecule has 0 bridgehead atoms. The quantitative estimate of drug-likeness (QED) is 0.247. The topological polar surface area (TPSA) is 37.4 Å². The minimum absolute atomic E-state index is 0.0842. The van der Waals surface area contributed by atoms with Gasteiger partial charge in [0, 0.05) is 25.1 Å². The van der Waals surface area contributed by atoms with Crippen molar-refractivity contribution in [3.8, 4) is 0 Å². The van der Waals surface area contributed by atoms with Gasteiger partial charge in [0.05, 0.1) is 5.69 Å². The number of ketones is 2. The van der Waals surface area contributed by atoms with Crippen molar-refractivity contribution in [1.29, 1.82) is 0 Å². The van der Waals surface area contributed by atoms with E-state index in [1.165, 1.54) is 6.42 Å². The van der Waals surface area contributed by atoms with Crippen LogP contribution in [-0.2, 0) is 17.6 Å². The van der Waals surface area contributed by atoms with Crippen LogP contribution in [0.5, 0.6) is 0 Å². The minimum atomic E-state index is -0.0842. The molecule has 0 N–H and O–H groups in total. The monoisotopic (exact) mass is 539 g/mol. The normalized spacial score (nSPS) is 14.6. The van der Waals surface area contributed by atoms with Gasteiger partial charge in [0.25, 0.3) is 0 Å². The fraction of sp³-hybridized carbons (Fsp3) is 0.543. The van der Waals surface area contributed by atoms with Crippen LogP contribution in [0.3, 0.4) is 0 Å². The van der Waals surface area contributed by atoms with Gasteiger partial charge >= 0.3 is 0 Å². The first-order valence-corrected chi connectivity index (χ1v) is 14.9. The number of carbonyl (C=O) groups excluding carboxylic acids is 2. The molecule has 3 nitrogen and oxygen atoms in total. The molecule has 2 aromatic rings. The number of hydrogen-bond acceptors (Lipinski definition) is 3. The molecule has 218 valence electrons. The van der Waals surface area contributed by atoms with Crippen molar-refractivity contribution in [3.63, 3.8) is 0 Å². The summed E-state index contributed by atoms with van der Waals surface area (Å²) >= 11 is 0. The average molecular weight is 540 g/mol. The fourth-order valence-corrected chi connectivity index (χ4v) is 4.42. The SMILES string of the molecule is CC.CC.CCCc1cc(CC(=O)/C(C)=C(/C)CC)ccc1C(C)=O.Cc1ccc(N2CCC(C)C2)c(F)c1. The number of hydrogen-bond donors (Lipinski definition) is 0. The van der Waals surface area contributed by atoms with Crippen LogP contribution in [0.2, 0.25) is 0 Å². The number of benzene rings is 2. The Labute approximate surface area is 238 Å². The van der Waals surface area contributed by atoms with E-state index in [0.717, 1.165) is 71.4 Å². The lowest BCUT2D eigenvalue weighted by Gasteiger charge is -2.18. The maximum Gasteiger partial charge on any atom is 0.162 e. The fourth-order valence-electron chi connectivity index (χ4n) is 4.42. The molecule has 1 unspecified atom stereocenters. The zero-order valence-corrected chi connectivity index (χ0v) is 26.6. The number of nitrogens with zero attached hydrogens (tertiary/aromatic N) is 1. The van der Waals surface area contributed by atoms with Crippen LogP contribution in [0.1, 0.15) is 116 Å². The number of carbonyl (C=O) groups is 2. The first-order chi connectivity index (χ1) is 18.6. The number of anilines is 1. The molecular weight excluding hydrogens is 485 g/mol. The third-order valence-corrected chi connectivity index (χ3v) is 6.89. The molecule has 2 aromatic carbocycles. The summed E-state index contributed by atoms with van der Waals surface area (Å²) in [7, 11) is 0. The summed E-state index contributed by atoms with van der Waals surface area (Å²) in [5.74, 6) is 0.872. The van der Waals surface area contributed by atoms with E-state index in [2.05, 4.69) is 25.7 Å². The molecule has 0 aromatic heterocycles. The highest BCUT2D eigenvalue weighted by molar-refractivity contribution is 5.98. The van der Waals surface area contributed by atoms with Crippen molar-refractivity contribution in [1.82, 2.24) is 0 Å². The standard InChI is InChI=1S/C19H26O2.C12H16FN.2C2H6/c1-6-8-17-11-16(9-10-18(17)15(5)20)12-19(21)14(4)13(3)7-2;1-9-3-4-12(11(13)7-9)14-6-5-10(2)8-14;2*1-2/h9-11H,6-8,12H2,1-5H3;3-4,7,10H,5-6,8H2,1-2H3;2*1-2H3/b14-13-;;;. The molecule has 1 aliphatic rings. The molecule has 3 rings (SSSR count). The Morgan fingerprint density at radius 2 is 1.62 bits per heavy atom. The maximum atomic E-state index is 13.6. The van der Waals surface area contributed by atoms with Gasteiger partial charge in [0.2, 0.25) is 0 Å². The van der Waals surface area contributed by atoms with Gasteiger partial charge in [-0.3, -0.25) is 9.59 Å². The first kappa shape index (κ1) is 36.2. The molecule has 39 heavy (non-hydrogen) atoms. The van der Waals surface area contributed by atoms with Gasteiger partial charge in [-0.05, 0) is 87.3 Å². The molecular formula is C35H54FNO2. The number of halogens is 1. The van der Waals surface area contributed by atoms with E-state index < -0.39 is 0 Å². The maximum absolute atomic E-state index is 13.6. The number of allylic oxidation sites excluding steroid dienone is 2. The van der Waals surface area contributed by atoms with Gasteiger partial charge < -0.3 is 4.90 Å². The lowest BCUT2D eigenvalue weighted by Crippen LogP contribution is -2.20. The number of Topliss-reactive ketones (excluding diaryl/α,β-unsaturated/α-hetero) is 2. The van der Waals surface area contributed by atoms with Crippen LogP contribution in [0, 0.1) is 18.7 Å². The van der Waals surface area contributed by atoms with E-state index in [-0.39, 0.29) is 17.4 Å². The van der Waals surface area contributed by atoms with Crippen LogP contribution >= 0.6 is 0 Å². The number of rotatable bonds is 8. The molecule has 1 atom stereocenters. The molecule has 1 heterocycles. The minimum Gasteiger partial charge on any atom is -0.369 e. The van der Waals surface area contributed by atoms with E-state index in [9.17, 15) is 14.0 Å². The highest BCUT2D eigenvalue weighted by atomic mass is 19.1. The largest absolute Gasteiger partial charge is 0.369 e. The Hall–Kier alpha value is -2.75. The predicted octanol–water partition coefficient (Wildman–Crippen LogP) is 9.73. The van der Waals surface area contributed by atoms with Gasteiger partial charge in [0.15, 0.2) is 11.6 Å². The highest BCUT2D eigenvalue weighted by Gasteiger charge is 2.21. The zero-order valence-electron chi connectivity index (χ0n) is 26.6. The van der Waals surface area contributed by atoms with Gasteiger partial charge in [-0.1, -0.05) is 84.7 Å². The summed E-state index contributed by atoms with van der Waals surface area (Å²) in [6.07, 6.45) is 4.36. The molecule has 0 saturated carbocycles. The smallest absolute Gasteiger partial charge is 0.162 e. The lowest BCUT2D eigenvalue weighted by molar-refractivity contribution is -0.115. The van der Waals surface area contributed by atoms with Crippen molar-refractivity contribution in [3.05, 3.63) is 75.6 Å². The van der Waals surface area contributed by atoms with Crippen molar-refractivity contribution in [2.75, 3.05) is 18.0 Å². The van der Waals surface area contributed by atoms with Gasteiger partial charge in [-0.15, -0.1) is 0 Å². The summed E-state index contributed by atoms with van der Waals surface area (Å²) in [6, 6.07) is 11.3. The van der Waals surface area contributed by atoms with Crippen LogP contribution in [0.25, 0.3) is 0 Å². The Balaban J connectivity index is 0.000000692. The van der Waals surface area contributed by atoms with Crippen molar-refractivity contribution in [2.24, 2.45) is 5.92 Å². The van der Waals surface area contributed by atoms with Crippen LogP contribution in [-0.4, -0.2) is 24.7 Å². The van der Waals surface area contributed by atoms with Crippen molar-refractivity contribution in [2.45, 2.75) is 108 Å². The van der Waals surface area contributed by atoms with Gasteiger partial charge in [-0.2, -0.15) is 0 Å². The average Bonchev–Trinajstić information content (AvgIpc) is 3.36. The molecule has 0 spiro atoms. The van der Waals surface area contributed by atoms with Crippen molar-refractivity contribution >= 4 is 17.3 Å². The molecule has 1 fully saturated rings. The summed E-state index contributed by atoms with van der Waals surface area (Å²) < 4.78 is 13.6. The third-order valence-electron chi connectivity index (χ3n) is 6.89. The van der Waals surface area contributed by atoms with Gasteiger partial charge in [-0.25, -0.2) is 4.39 Å². The van der Waals surface area contributed by atoms with E-state index in [0.29, 0.717) is 12.3 Å². The zero-order chi connectivity index (χ0) is 30.1. The summed E-state index contributed by atoms with van der Waals surface area (Å²) in [5.41, 5.74) is 6.60. The predicted molar refractivity (Wildman–Crippen MR) is 168 cm³/mol. The molecule has 0 radical (unpaired) electrons. The second kappa shape index (κ2) is 19.3. The van der Waals surface area contributed by atoms with Crippen molar-refractivity contribution < 1.29 is 14.0 Å². The number of aryl methyl sites for hydroxylation is 2. The Bertz CT molecular complexity index is 1070. The van der Waals surface area contributed by atoms with Crippen LogP contribution in [0.15, 0.2) is 47.5 Å². The summed E-state index contributed by atoms with van der Waals surface area (Å²) in [4.78, 5) is 26.1. The second-order valence-electron chi connectivity index (χ2n) is 9.95. The molecule has 0 aliphatic carbocycles. The highest BCUT2D eigenvalue weighted by Crippen LogP contribution is 2.26. The molecule has 1 aliphatic heterocycles. The van der Waals surface area contributed by atoms with Gasteiger partial charge in [0.1, 0.15) is 5.82 Å². The Morgan fingerprint density at radius 3 is 2.10 bits per heavy atom. The Kier molecular flexibility index (Phi) is 18.0. The van der Waals surface area contributed by atoms with Crippen LogP contribution in [0.4, 0.5) is 10.1 Å². The Morgan fingerprint density at radius 1 is 0.974 bits per heavy atom. The third kappa shape index (κ3) is 11.9. The van der Waals surface area contributed by atoms with E-state index in [1.807, 2.05) is 78.8 Å². The first-order valence-electron chi connectivity index (χ1n) is 14.9. The lowest BCUT2D eigenvalue weighted by atomic mass is 9.94. The van der Waals surface area contributed by atoms with Crippen LogP contribution < -0.4 is 4.90 Å². The summed E-state index contributed by atoms with van der Waals surface area (Å²) in [5, 5.41) is 0.